The van der Waals surface area contributed by atoms with Crippen molar-refractivity contribution in [2.45, 2.75) is 38.9 Å². The van der Waals surface area contributed by atoms with Crippen molar-refractivity contribution in [2.75, 3.05) is 19.6 Å². The highest BCUT2D eigenvalue weighted by Crippen LogP contribution is 2.14. The van der Waals surface area contributed by atoms with E-state index in [1.165, 1.54) is 32.4 Å². The van der Waals surface area contributed by atoms with Crippen molar-refractivity contribution in [1.82, 2.24) is 4.90 Å². The van der Waals surface area contributed by atoms with E-state index in [9.17, 15) is 0 Å². The molecule has 1 rings (SSSR count). The molecule has 0 unspecified atom stereocenters. The molecular formula is C11H22ClNOSi. The minimum atomic E-state index is -1.47. The zero-order valence-corrected chi connectivity index (χ0v) is 11.8. The van der Waals surface area contributed by atoms with E-state index < -0.39 is 8.32 Å². The Bertz CT molecular complexity index is 219. The van der Waals surface area contributed by atoms with Gasteiger partial charge < -0.3 is 4.43 Å². The van der Waals surface area contributed by atoms with Gasteiger partial charge in [-0.05, 0) is 45.6 Å². The molecule has 1 aliphatic rings. The maximum Gasteiger partial charge on any atom is 0.241 e. The van der Waals surface area contributed by atoms with E-state index in [-0.39, 0.29) is 0 Å². The van der Waals surface area contributed by atoms with Crippen molar-refractivity contribution in [3.63, 3.8) is 0 Å². The highest BCUT2D eigenvalue weighted by Gasteiger charge is 2.15. The predicted octanol–water partition coefficient (Wildman–Crippen LogP) is 3.40. The van der Waals surface area contributed by atoms with Crippen molar-refractivity contribution in [2.24, 2.45) is 0 Å². The Hall–Kier alpha value is 0.00688. The summed E-state index contributed by atoms with van der Waals surface area (Å²) in [5, 5.41) is 0.833. The number of nitrogens with zero attached hydrogens (tertiary/aromatic N) is 1. The van der Waals surface area contributed by atoms with Crippen LogP contribution in [0.4, 0.5) is 0 Å². The lowest BCUT2D eigenvalue weighted by molar-refractivity contribution is 0.248. The summed E-state index contributed by atoms with van der Waals surface area (Å²) in [6.07, 6.45) is 5.73. The second-order valence-corrected chi connectivity index (χ2v) is 10.1. The van der Waals surface area contributed by atoms with Crippen LogP contribution in [0.5, 0.6) is 0 Å². The van der Waals surface area contributed by atoms with Gasteiger partial charge in [-0.15, -0.1) is 0 Å². The Labute approximate surface area is 99.4 Å². The molecule has 1 heterocycles. The molecule has 2 nitrogen and oxygen atoms in total. The third-order valence-corrected chi connectivity index (χ3v) is 3.40. The summed E-state index contributed by atoms with van der Waals surface area (Å²) >= 11 is 6.14. The van der Waals surface area contributed by atoms with Crippen LogP contribution < -0.4 is 0 Å². The summed E-state index contributed by atoms with van der Waals surface area (Å²) in [5.74, 6) is 0. The Morgan fingerprint density at radius 1 is 1.27 bits per heavy atom. The first-order chi connectivity index (χ1) is 6.97. The molecule has 0 radical (unpaired) electrons. The van der Waals surface area contributed by atoms with Gasteiger partial charge in [0, 0.05) is 6.54 Å². The number of hydrogen-bond donors (Lipinski definition) is 0. The Balaban J connectivity index is 2.30. The van der Waals surface area contributed by atoms with Gasteiger partial charge in [-0.3, -0.25) is 4.90 Å². The fraction of sp³-hybridized carbons (Fsp3) is 0.818. The molecule has 0 aliphatic carbocycles. The molecule has 0 N–H and O–H groups in total. The number of halogens is 1. The van der Waals surface area contributed by atoms with Gasteiger partial charge in [-0.1, -0.05) is 18.0 Å². The lowest BCUT2D eigenvalue weighted by Gasteiger charge is -2.26. The summed E-state index contributed by atoms with van der Waals surface area (Å²) < 4.78 is 5.65. The van der Waals surface area contributed by atoms with E-state index in [0.717, 1.165) is 11.6 Å². The van der Waals surface area contributed by atoms with E-state index in [4.69, 9.17) is 16.0 Å². The van der Waals surface area contributed by atoms with Crippen LogP contribution in [0.1, 0.15) is 19.3 Å². The van der Waals surface area contributed by atoms with Crippen LogP contribution in [0.15, 0.2) is 11.3 Å². The normalized spacial score (nSPS) is 20.4. The highest BCUT2D eigenvalue weighted by molar-refractivity contribution is 6.69. The second-order valence-electron chi connectivity index (χ2n) is 5.13. The molecule has 0 atom stereocenters. The third-order valence-electron chi connectivity index (χ3n) is 2.36. The summed E-state index contributed by atoms with van der Waals surface area (Å²) in [5.41, 5.74) is 0. The molecule has 88 valence electrons. The van der Waals surface area contributed by atoms with Gasteiger partial charge in [0.1, 0.15) is 0 Å². The molecule has 1 saturated heterocycles. The van der Waals surface area contributed by atoms with Crippen LogP contribution in [0.25, 0.3) is 0 Å². The van der Waals surface area contributed by atoms with Crippen LogP contribution in [0.2, 0.25) is 19.6 Å². The Morgan fingerprint density at radius 3 is 2.40 bits per heavy atom. The fourth-order valence-electron chi connectivity index (χ4n) is 1.61. The van der Waals surface area contributed by atoms with Crippen molar-refractivity contribution >= 4 is 19.9 Å². The van der Waals surface area contributed by atoms with Crippen LogP contribution in [0.3, 0.4) is 0 Å². The smallest absolute Gasteiger partial charge is 0.241 e. The second kappa shape index (κ2) is 5.92. The van der Waals surface area contributed by atoms with E-state index in [2.05, 4.69) is 24.5 Å². The van der Waals surface area contributed by atoms with Gasteiger partial charge in [0.25, 0.3) is 0 Å². The molecule has 0 bridgehead atoms. The van der Waals surface area contributed by atoms with Crippen LogP contribution in [0, 0.1) is 0 Å². The standard InChI is InChI=1S/C11H22ClNOSi/c1-15(2,3)14-10-11(12)9-13-7-5-4-6-8-13/h10H,4-9H2,1-3H3/b11-10-. The Kier molecular flexibility index (Phi) is 5.16. The summed E-state index contributed by atoms with van der Waals surface area (Å²) in [7, 11) is -1.47. The SMILES string of the molecule is C[Si](C)(C)O/C=C(\Cl)CN1CCCCC1. The zero-order valence-electron chi connectivity index (χ0n) is 10.1. The minimum absolute atomic E-state index is 0.833. The molecule has 1 aliphatic heterocycles. The monoisotopic (exact) mass is 247 g/mol. The number of hydrogen-bond acceptors (Lipinski definition) is 2. The predicted molar refractivity (Wildman–Crippen MR) is 68.7 cm³/mol. The molecule has 1 fully saturated rings. The van der Waals surface area contributed by atoms with Crippen molar-refractivity contribution in [3.05, 3.63) is 11.3 Å². The highest BCUT2D eigenvalue weighted by atomic mass is 35.5. The van der Waals surface area contributed by atoms with Gasteiger partial charge in [0.05, 0.1) is 11.3 Å². The van der Waals surface area contributed by atoms with E-state index in [1.54, 1.807) is 6.26 Å². The van der Waals surface area contributed by atoms with Crippen LogP contribution >= 0.6 is 11.6 Å². The summed E-state index contributed by atoms with van der Waals surface area (Å²) in [6, 6.07) is 0. The molecule has 0 saturated carbocycles. The van der Waals surface area contributed by atoms with Crippen LogP contribution in [-0.2, 0) is 4.43 Å². The largest absolute Gasteiger partial charge is 0.549 e. The van der Waals surface area contributed by atoms with Gasteiger partial charge in [0.2, 0.25) is 8.32 Å². The topological polar surface area (TPSA) is 12.5 Å². The molecule has 0 aromatic carbocycles. The van der Waals surface area contributed by atoms with Crippen molar-refractivity contribution in [3.8, 4) is 0 Å². The van der Waals surface area contributed by atoms with E-state index >= 15 is 0 Å². The Morgan fingerprint density at radius 2 is 1.87 bits per heavy atom. The first-order valence-electron chi connectivity index (χ1n) is 5.72. The van der Waals surface area contributed by atoms with E-state index in [0.29, 0.717) is 0 Å². The molecule has 0 aromatic heterocycles. The molecule has 0 aromatic rings. The first kappa shape index (κ1) is 13.1. The lowest BCUT2D eigenvalue weighted by Crippen LogP contribution is -2.31. The van der Waals surface area contributed by atoms with Gasteiger partial charge >= 0.3 is 0 Å². The van der Waals surface area contributed by atoms with Crippen LogP contribution in [-0.4, -0.2) is 32.9 Å². The molecular weight excluding hydrogens is 226 g/mol. The summed E-state index contributed by atoms with van der Waals surface area (Å²) in [4.78, 5) is 2.40. The lowest BCUT2D eigenvalue weighted by atomic mass is 10.1. The average Bonchev–Trinajstić information content (AvgIpc) is 2.15. The van der Waals surface area contributed by atoms with Gasteiger partial charge in [-0.25, -0.2) is 0 Å². The van der Waals surface area contributed by atoms with E-state index in [1.807, 2.05) is 0 Å². The number of likely N-dealkylation sites (tertiary alicyclic amines) is 1. The zero-order chi connectivity index (χ0) is 11.3. The first-order valence-corrected chi connectivity index (χ1v) is 9.51. The number of rotatable bonds is 4. The average molecular weight is 248 g/mol. The number of piperidine rings is 1. The third kappa shape index (κ3) is 6.23. The quantitative estimate of drug-likeness (QED) is 0.558. The fourth-order valence-corrected chi connectivity index (χ4v) is 2.39. The minimum Gasteiger partial charge on any atom is -0.549 e. The molecule has 0 spiro atoms. The van der Waals surface area contributed by atoms with Gasteiger partial charge in [0.15, 0.2) is 0 Å². The van der Waals surface area contributed by atoms with Crippen molar-refractivity contribution < 1.29 is 4.43 Å². The molecule has 4 heteroatoms. The summed E-state index contributed by atoms with van der Waals surface area (Å²) in [6.45, 7) is 9.69. The van der Waals surface area contributed by atoms with Crippen molar-refractivity contribution in [1.29, 1.82) is 0 Å². The maximum atomic E-state index is 6.14. The molecule has 15 heavy (non-hydrogen) atoms. The maximum absolute atomic E-state index is 6.14. The van der Waals surface area contributed by atoms with Gasteiger partial charge in [-0.2, -0.15) is 0 Å². The molecule has 0 amide bonds.